The van der Waals surface area contributed by atoms with E-state index in [1.807, 2.05) is 7.05 Å². The number of halogens is 1. The van der Waals surface area contributed by atoms with Gasteiger partial charge < -0.3 is 15.0 Å². The highest BCUT2D eigenvalue weighted by Gasteiger charge is 2.28. The van der Waals surface area contributed by atoms with Crippen molar-refractivity contribution in [1.29, 1.82) is 0 Å². The van der Waals surface area contributed by atoms with E-state index < -0.39 is 0 Å². The number of rotatable bonds is 5. The molecule has 0 aromatic heterocycles. The van der Waals surface area contributed by atoms with Gasteiger partial charge in [0.2, 0.25) is 0 Å². The van der Waals surface area contributed by atoms with Gasteiger partial charge in [-0.25, -0.2) is 0 Å². The van der Waals surface area contributed by atoms with Gasteiger partial charge in [-0.3, -0.25) is 4.99 Å². The van der Waals surface area contributed by atoms with Gasteiger partial charge in [0.1, 0.15) is 0 Å². The van der Waals surface area contributed by atoms with Gasteiger partial charge in [-0.2, -0.15) is 11.8 Å². The second-order valence-corrected chi connectivity index (χ2v) is 8.44. The summed E-state index contributed by atoms with van der Waals surface area (Å²) < 4.78 is 6.22. The molecule has 0 amide bonds. The third-order valence-corrected chi connectivity index (χ3v) is 5.49. The van der Waals surface area contributed by atoms with Gasteiger partial charge in [0.15, 0.2) is 5.96 Å². The molecular weight excluding hydrogens is 409 g/mol. The van der Waals surface area contributed by atoms with Gasteiger partial charge in [0.25, 0.3) is 0 Å². The molecule has 2 fully saturated rings. The fraction of sp³-hybridized carbons (Fsp3) is 0.938. The minimum atomic E-state index is 0. The SMILES string of the molecule is CN=C(NCCCOC1CCCC1)N1CCSC(C)(C)C1.I. The number of thioether (sulfide) groups is 1. The zero-order valence-electron chi connectivity index (χ0n) is 14.3. The van der Waals surface area contributed by atoms with E-state index in [0.717, 1.165) is 38.6 Å². The Morgan fingerprint density at radius 3 is 2.73 bits per heavy atom. The summed E-state index contributed by atoms with van der Waals surface area (Å²) >= 11 is 2.05. The molecule has 0 aromatic carbocycles. The molecule has 1 aliphatic carbocycles. The van der Waals surface area contributed by atoms with Crippen molar-refractivity contribution < 1.29 is 4.74 Å². The molecule has 1 aliphatic heterocycles. The molecule has 4 nitrogen and oxygen atoms in total. The number of hydrogen-bond donors (Lipinski definition) is 1. The average Bonchev–Trinajstić information content (AvgIpc) is 2.95. The van der Waals surface area contributed by atoms with Crippen LogP contribution in [-0.4, -0.2) is 60.8 Å². The molecule has 0 spiro atoms. The van der Waals surface area contributed by atoms with Gasteiger partial charge in [0, 0.05) is 43.8 Å². The summed E-state index contributed by atoms with van der Waals surface area (Å²) in [6.07, 6.45) is 6.80. The van der Waals surface area contributed by atoms with Crippen LogP contribution in [0.25, 0.3) is 0 Å². The highest BCUT2D eigenvalue weighted by molar-refractivity contribution is 14.0. The molecule has 1 saturated heterocycles. The molecule has 0 aromatic rings. The van der Waals surface area contributed by atoms with Crippen LogP contribution in [0.4, 0.5) is 0 Å². The fourth-order valence-electron chi connectivity index (χ4n) is 3.11. The molecule has 2 rings (SSSR count). The molecule has 0 atom stereocenters. The van der Waals surface area contributed by atoms with Gasteiger partial charge in [-0.05, 0) is 33.1 Å². The van der Waals surface area contributed by atoms with E-state index in [1.165, 1.54) is 31.4 Å². The molecule has 1 N–H and O–H groups in total. The van der Waals surface area contributed by atoms with Gasteiger partial charge >= 0.3 is 0 Å². The molecule has 0 radical (unpaired) electrons. The third-order valence-electron chi connectivity index (χ3n) is 4.20. The topological polar surface area (TPSA) is 36.9 Å². The summed E-state index contributed by atoms with van der Waals surface area (Å²) in [5, 5.41) is 3.49. The van der Waals surface area contributed by atoms with Crippen LogP contribution >= 0.6 is 35.7 Å². The quantitative estimate of drug-likeness (QED) is 0.307. The number of guanidine groups is 1. The summed E-state index contributed by atoms with van der Waals surface area (Å²) in [5.74, 6) is 2.22. The number of ether oxygens (including phenoxy) is 1. The van der Waals surface area contributed by atoms with Crippen LogP contribution in [0.1, 0.15) is 46.0 Å². The summed E-state index contributed by atoms with van der Waals surface area (Å²) in [6, 6.07) is 0. The monoisotopic (exact) mass is 441 g/mol. The van der Waals surface area contributed by atoms with E-state index in [2.05, 4.69) is 40.8 Å². The molecule has 6 heteroatoms. The van der Waals surface area contributed by atoms with Crippen molar-refractivity contribution in [2.75, 3.05) is 39.0 Å². The van der Waals surface area contributed by atoms with E-state index >= 15 is 0 Å². The number of aliphatic imine (C=N–C) groups is 1. The largest absolute Gasteiger partial charge is 0.378 e. The first-order chi connectivity index (χ1) is 10.1. The first-order valence-electron chi connectivity index (χ1n) is 8.32. The van der Waals surface area contributed by atoms with Crippen molar-refractivity contribution in [3.8, 4) is 0 Å². The number of nitrogens with one attached hydrogen (secondary N) is 1. The molecule has 0 unspecified atom stereocenters. The van der Waals surface area contributed by atoms with Crippen molar-refractivity contribution >= 4 is 41.7 Å². The number of nitrogens with zero attached hydrogens (tertiary/aromatic N) is 2. The molecule has 1 saturated carbocycles. The van der Waals surface area contributed by atoms with Crippen LogP contribution in [0.2, 0.25) is 0 Å². The van der Waals surface area contributed by atoms with Crippen molar-refractivity contribution in [1.82, 2.24) is 10.2 Å². The maximum absolute atomic E-state index is 5.90. The zero-order valence-corrected chi connectivity index (χ0v) is 17.4. The Labute approximate surface area is 157 Å². The maximum Gasteiger partial charge on any atom is 0.193 e. The van der Waals surface area contributed by atoms with Crippen LogP contribution < -0.4 is 5.32 Å². The second kappa shape index (κ2) is 10.2. The van der Waals surface area contributed by atoms with E-state index in [0.29, 0.717) is 10.9 Å². The average molecular weight is 441 g/mol. The van der Waals surface area contributed by atoms with Gasteiger partial charge in [0.05, 0.1) is 6.10 Å². The van der Waals surface area contributed by atoms with Crippen molar-refractivity contribution in [2.24, 2.45) is 4.99 Å². The Balaban J connectivity index is 0.00000242. The minimum Gasteiger partial charge on any atom is -0.378 e. The Kier molecular flexibility index (Phi) is 9.47. The first-order valence-corrected chi connectivity index (χ1v) is 9.30. The predicted octanol–water partition coefficient (Wildman–Crippen LogP) is 3.36. The standard InChI is InChI=1S/C16H31N3OS.HI/c1-16(2)13-19(10-12-21-16)15(17-3)18-9-6-11-20-14-7-4-5-8-14;/h14H,4-13H2,1-3H3,(H,17,18);1H. The zero-order chi connectivity index (χ0) is 15.1. The summed E-state index contributed by atoms with van der Waals surface area (Å²) in [4.78, 5) is 6.82. The van der Waals surface area contributed by atoms with Crippen LogP contribution in [0, 0.1) is 0 Å². The van der Waals surface area contributed by atoms with Crippen LogP contribution in [0.5, 0.6) is 0 Å². The van der Waals surface area contributed by atoms with Gasteiger partial charge in [-0.1, -0.05) is 12.8 Å². The lowest BCUT2D eigenvalue weighted by atomic mass is 10.2. The first kappa shape index (κ1) is 20.4. The Hall–Kier alpha value is 0.310. The second-order valence-electron chi connectivity index (χ2n) is 6.63. The molecule has 2 aliphatic rings. The summed E-state index contributed by atoms with van der Waals surface area (Å²) in [7, 11) is 1.88. The normalized spacial score (nSPS) is 22.5. The maximum atomic E-state index is 5.90. The predicted molar refractivity (Wildman–Crippen MR) is 108 cm³/mol. The van der Waals surface area contributed by atoms with Crippen molar-refractivity contribution in [3.63, 3.8) is 0 Å². The van der Waals surface area contributed by atoms with Crippen LogP contribution in [0.15, 0.2) is 4.99 Å². The third kappa shape index (κ3) is 6.83. The number of hydrogen-bond acceptors (Lipinski definition) is 3. The van der Waals surface area contributed by atoms with Gasteiger partial charge in [-0.15, -0.1) is 24.0 Å². The van der Waals surface area contributed by atoms with Crippen LogP contribution in [-0.2, 0) is 4.74 Å². The minimum absolute atomic E-state index is 0. The van der Waals surface area contributed by atoms with Crippen molar-refractivity contribution in [3.05, 3.63) is 0 Å². The fourth-order valence-corrected chi connectivity index (χ4v) is 4.22. The Morgan fingerprint density at radius 2 is 2.09 bits per heavy atom. The smallest absolute Gasteiger partial charge is 0.193 e. The molecule has 0 bridgehead atoms. The lowest BCUT2D eigenvalue weighted by Crippen LogP contribution is -2.51. The highest BCUT2D eigenvalue weighted by atomic mass is 127. The highest BCUT2D eigenvalue weighted by Crippen LogP contribution is 2.29. The van der Waals surface area contributed by atoms with E-state index in [9.17, 15) is 0 Å². The van der Waals surface area contributed by atoms with E-state index in [-0.39, 0.29) is 24.0 Å². The van der Waals surface area contributed by atoms with E-state index in [1.54, 1.807) is 0 Å². The summed E-state index contributed by atoms with van der Waals surface area (Å²) in [6.45, 7) is 8.60. The Bertz CT molecular complexity index is 346. The molecule has 130 valence electrons. The summed E-state index contributed by atoms with van der Waals surface area (Å²) in [5.41, 5.74) is 0. The lowest BCUT2D eigenvalue weighted by Gasteiger charge is -2.39. The Morgan fingerprint density at radius 1 is 1.36 bits per heavy atom. The van der Waals surface area contributed by atoms with Crippen LogP contribution in [0.3, 0.4) is 0 Å². The molecule has 22 heavy (non-hydrogen) atoms. The lowest BCUT2D eigenvalue weighted by molar-refractivity contribution is 0.0573. The molecule has 1 heterocycles. The molecular formula is C16H32IN3OS. The van der Waals surface area contributed by atoms with E-state index in [4.69, 9.17) is 4.74 Å². The van der Waals surface area contributed by atoms with Crippen molar-refractivity contribution in [2.45, 2.75) is 56.8 Å².